The molecule has 2 aliphatic heterocycles. The third-order valence-corrected chi connectivity index (χ3v) is 8.54. The van der Waals surface area contributed by atoms with E-state index in [1.165, 1.54) is 5.01 Å². The van der Waals surface area contributed by atoms with E-state index in [-0.39, 0.29) is 29.5 Å². The summed E-state index contributed by atoms with van der Waals surface area (Å²) in [5.41, 5.74) is 2.61. The van der Waals surface area contributed by atoms with Gasteiger partial charge in [0.15, 0.2) is 0 Å². The molecule has 9 nitrogen and oxygen atoms in total. The van der Waals surface area contributed by atoms with Gasteiger partial charge >= 0.3 is 0 Å². The molecule has 0 aromatic rings. The van der Waals surface area contributed by atoms with Gasteiger partial charge in [0.2, 0.25) is 21.8 Å². The fourth-order valence-electron chi connectivity index (χ4n) is 4.55. The van der Waals surface area contributed by atoms with Crippen LogP contribution in [-0.2, 0) is 24.4 Å². The summed E-state index contributed by atoms with van der Waals surface area (Å²) in [6, 6.07) is 0.224. The Bertz CT molecular complexity index is 781. The number of hydrogen-bond acceptors (Lipinski definition) is 7. The number of amides is 1. The van der Waals surface area contributed by atoms with E-state index in [0.29, 0.717) is 38.3 Å². The van der Waals surface area contributed by atoms with E-state index in [1.54, 1.807) is 0 Å². The predicted molar refractivity (Wildman–Crippen MR) is 107 cm³/mol. The lowest BCUT2D eigenvalue weighted by molar-refractivity contribution is -0.141. The van der Waals surface area contributed by atoms with Crippen LogP contribution in [0.4, 0.5) is 0 Å². The molecule has 0 radical (unpaired) electrons. The lowest BCUT2D eigenvalue weighted by Crippen LogP contribution is -2.52. The fraction of sp³-hybridized carbons (Fsp3) is 0.895. The first-order valence-electron chi connectivity index (χ1n) is 10.7. The molecule has 4 rings (SSSR count). The quantitative estimate of drug-likeness (QED) is 0.656. The van der Waals surface area contributed by atoms with E-state index < -0.39 is 21.2 Å². The van der Waals surface area contributed by atoms with Gasteiger partial charge in [0.1, 0.15) is 6.10 Å². The van der Waals surface area contributed by atoms with Crippen molar-refractivity contribution in [2.45, 2.75) is 82.2 Å². The number of hydrazone groups is 1. The van der Waals surface area contributed by atoms with Crippen LogP contribution in [0.1, 0.15) is 59.3 Å². The Morgan fingerprint density at radius 1 is 1.31 bits per heavy atom. The third-order valence-electron chi connectivity index (χ3n) is 6.46. The van der Waals surface area contributed by atoms with Crippen molar-refractivity contribution in [3.8, 4) is 0 Å². The highest BCUT2D eigenvalue weighted by molar-refractivity contribution is 7.90. The highest BCUT2D eigenvalue weighted by atomic mass is 32.2. The molecule has 0 aromatic carbocycles. The summed E-state index contributed by atoms with van der Waals surface area (Å²) in [6.45, 7) is 6.64. The van der Waals surface area contributed by atoms with Crippen molar-refractivity contribution in [2.75, 3.05) is 13.2 Å². The van der Waals surface area contributed by atoms with Crippen LogP contribution in [0, 0.1) is 11.8 Å². The highest BCUT2D eigenvalue weighted by Gasteiger charge is 2.50. The molecular formula is C19H32N4O5S. The lowest BCUT2D eigenvalue weighted by Gasteiger charge is -2.40. The van der Waals surface area contributed by atoms with E-state index in [0.717, 1.165) is 19.3 Å². The maximum Gasteiger partial charge on any atom is 0.246 e. The Kier molecular flexibility index (Phi) is 5.65. The molecule has 5 atom stereocenters. The standard InChI is InChI=1S/C19H32N4O5S/c1-4-27-17-15-6-5-14(29(25,26)22-19(3)7-8-19)10-16(15)18(24)23(20-17)11-13-9-12(2)21-28-13/h12-16,21-22H,4-11H2,1-3H3. The van der Waals surface area contributed by atoms with Crippen LogP contribution in [0.25, 0.3) is 0 Å². The molecule has 0 bridgehead atoms. The predicted octanol–water partition coefficient (Wildman–Crippen LogP) is 1.12. The molecule has 2 aliphatic carbocycles. The van der Waals surface area contributed by atoms with E-state index in [4.69, 9.17) is 9.57 Å². The first-order chi connectivity index (χ1) is 13.7. The summed E-state index contributed by atoms with van der Waals surface area (Å²) in [5, 5.41) is 5.36. The second-order valence-corrected chi connectivity index (χ2v) is 11.1. The van der Waals surface area contributed by atoms with Crippen molar-refractivity contribution in [1.82, 2.24) is 15.2 Å². The van der Waals surface area contributed by atoms with Crippen LogP contribution >= 0.6 is 0 Å². The van der Waals surface area contributed by atoms with Crippen molar-refractivity contribution < 1.29 is 22.8 Å². The minimum Gasteiger partial charge on any atom is -0.480 e. The summed E-state index contributed by atoms with van der Waals surface area (Å²) in [5.74, 6) is -0.153. The number of hydrogen-bond donors (Lipinski definition) is 2. The van der Waals surface area contributed by atoms with E-state index >= 15 is 0 Å². The summed E-state index contributed by atoms with van der Waals surface area (Å²) in [4.78, 5) is 18.7. The highest BCUT2D eigenvalue weighted by Crippen LogP contribution is 2.41. The summed E-state index contributed by atoms with van der Waals surface area (Å²) in [7, 11) is -3.47. The molecule has 3 fully saturated rings. The van der Waals surface area contributed by atoms with Gasteiger partial charge in [0.25, 0.3) is 0 Å². The average molecular weight is 429 g/mol. The number of nitrogens with zero attached hydrogens (tertiary/aromatic N) is 2. The number of hydroxylamine groups is 1. The lowest BCUT2D eigenvalue weighted by atomic mass is 9.77. The van der Waals surface area contributed by atoms with Crippen LogP contribution in [0.5, 0.6) is 0 Å². The van der Waals surface area contributed by atoms with E-state index in [1.807, 2.05) is 20.8 Å². The number of fused-ring (bicyclic) bond motifs is 1. The number of rotatable bonds is 6. The number of carbonyl (C=O) groups is 1. The van der Waals surface area contributed by atoms with Crippen LogP contribution in [0.3, 0.4) is 0 Å². The molecule has 29 heavy (non-hydrogen) atoms. The van der Waals surface area contributed by atoms with E-state index in [9.17, 15) is 13.2 Å². The molecule has 2 N–H and O–H groups in total. The van der Waals surface area contributed by atoms with Gasteiger partial charge in [-0.2, -0.15) is 5.48 Å². The van der Waals surface area contributed by atoms with Gasteiger partial charge in [0.05, 0.1) is 24.3 Å². The molecule has 2 heterocycles. The van der Waals surface area contributed by atoms with Crippen LogP contribution < -0.4 is 10.2 Å². The van der Waals surface area contributed by atoms with Gasteiger partial charge < -0.3 is 4.74 Å². The SMILES string of the molecule is CCOC1=NN(CC2CC(C)NO2)C(=O)C2CC(S(=O)(=O)NC3(C)CC3)CCC12. The minimum atomic E-state index is -3.47. The van der Waals surface area contributed by atoms with Crippen LogP contribution in [0.15, 0.2) is 5.10 Å². The van der Waals surface area contributed by atoms with Gasteiger partial charge in [-0.1, -0.05) is 0 Å². The number of ether oxygens (including phenoxy) is 1. The normalized spacial score (nSPS) is 36.5. The van der Waals surface area contributed by atoms with Crippen molar-refractivity contribution >= 4 is 21.8 Å². The topological polar surface area (TPSA) is 109 Å². The molecule has 4 aliphatic rings. The second kappa shape index (κ2) is 7.79. The monoisotopic (exact) mass is 428 g/mol. The molecular weight excluding hydrogens is 396 g/mol. The van der Waals surface area contributed by atoms with Crippen molar-refractivity contribution in [3.63, 3.8) is 0 Å². The molecule has 0 spiro atoms. The molecule has 1 amide bonds. The largest absolute Gasteiger partial charge is 0.480 e. The maximum atomic E-state index is 13.2. The Balaban J connectivity index is 1.51. The molecule has 164 valence electrons. The Hall–Kier alpha value is -1.23. The third kappa shape index (κ3) is 4.45. The summed E-state index contributed by atoms with van der Waals surface area (Å²) >= 11 is 0. The van der Waals surface area contributed by atoms with Gasteiger partial charge in [-0.3, -0.25) is 9.63 Å². The smallest absolute Gasteiger partial charge is 0.246 e. The van der Waals surface area contributed by atoms with Gasteiger partial charge in [-0.25, -0.2) is 18.1 Å². The van der Waals surface area contributed by atoms with Gasteiger partial charge in [-0.15, -0.1) is 5.10 Å². The first kappa shape index (κ1) is 21.0. The summed E-state index contributed by atoms with van der Waals surface area (Å²) < 4.78 is 34.4. The van der Waals surface area contributed by atoms with Gasteiger partial charge in [-0.05, 0) is 59.3 Å². The molecule has 10 heteroatoms. The zero-order valence-corrected chi connectivity index (χ0v) is 18.2. The Labute approximate surface area is 172 Å². The Morgan fingerprint density at radius 2 is 2.07 bits per heavy atom. The number of carbonyl (C=O) groups excluding carboxylic acids is 1. The second-order valence-electron chi connectivity index (χ2n) is 9.14. The molecule has 5 unspecified atom stereocenters. The van der Waals surface area contributed by atoms with Gasteiger partial charge in [0, 0.05) is 17.5 Å². The maximum absolute atomic E-state index is 13.2. The van der Waals surface area contributed by atoms with Crippen LogP contribution in [-0.4, -0.2) is 61.3 Å². The zero-order chi connectivity index (χ0) is 20.8. The fourth-order valence-corrected chi connectivity index (χ4v) is 6.52. The average Bonchev–Trinajstić information content (AvgIpc) is 3.23. The minimum absolute atomic E-state index is 0.126. The van der Waals surface area contributed by atoms with E-state index in [2.05, 4.69) is 15.3 Å². The Morgan fingerprint density at radius 3 is 2.69 bits per heavy atom. The zero-order valence-electron chi connectivity index (χ0n) is 17.4. The number of sulfonamides is 1. The van der Waals surface area contributed by atoms with Crippen LogP contribution in [0.2, 0.25) is 0 Å². The summed E-state index contributed by atoms with van der Waals surface area (Å²) in [6.07, 6.45) is 3.79. The molecule has 1 saturated heterocycles. The van der Waals surface area contributed by atoms with Crippen molar-refractivity contribution in [2.24, 2.45) is 16.9 Å². The van der Waals surface area contributed by atoms with Crippen molar-refractivity contribution in [1.29, 1.82) is 0 Å². The first-order valence-corrected chi connectivity index (χ1v) is 12.2. The molecule has 0 aromatic heterocycles. The molecule has 2 saturated carbocycles. The number of nitrogens with one attached hydrogen (secondary N) is 2. The van der Waals surface area contributed by atoms with Crippen molar-refractivity contribution in [3.05, 3.63) is 0 Å².